The summed E-state index contributed by atoms with van der Waals surface area (Å²) >= 11 is 0. The fraction of sp³-hybridized carbons (Fsp3) is 0.167. The molecule has 0 saturated heterocycles. The van der Waals surface area contributed by atoms with Crippen molar-refractivity contribution in [3.8, 4) is 11.8 Å². The zero-order chi connectivity index (χ0) is 14.5. The third-order valence-electron chi connectivity index (χ3n) is 2.96. The second-order valence-corrected chi connectivity index (χ2v) is 4.86. The molecule has 100 valence electrons. The minimum absolute atomic E-state index is 0.0289. The van der Waals surface area contributed by atoms with Crippen LogP contribution in [0, 0.1) is 18.8 Å². The molecular weight excluding hydrogens is 246 g/mol. The van der Waals surface area contributed by atoms with E-state index in [1.54, 1.807) is 19.0 Å². The fourth-order valence-electron chi connectivity index (χ4n) is 1.80. The summed E-state index contributed by atoms with van der Waals surface area (Å²) in [6.07, 6.45) is 0. The molecule has 0 spiro atoms. The first-order valence-corrected chi connectivity index (χ1v) is 6.47. The standard InChI is InChI=1S/C18H17NO/c1-14-8-10-15(11-9-14)12-13-16-6-4-5-7-17(16)18(20)19(2)3/h4-11H,1-3H3. The second kappa shape index (κ2) is 6.08. The van der Waals surface area contributed by atoms with E-state index in [0.29, 0.717) is 5.56 Å². The largest absolute Gasteiger partial charge is 0.345 e. The molecule has 0 N–H and O–H groups in total. The van der Waals surface area contributed by atoms with Gasteiger partial charge in [-0.25, -0.2) is 0 Å². The van der Waals surface area contributed by atoms with Gasteiger partial charge in [0.25, 0.3) is 5.91 Å². The highest BCUT2D eigenvalue weighted by molar-refractivity contribution is 5.96. The lowest BCUT2D eigenvalue weighted by Crippen LogP contribution is -2.22. The van der Waals surface area contributed by atoms with Gasteiger partial charge in [-0.05, 0) is 31.2 Å². The van der Waals surface area contributed by atoms with Crippen LogP contribution >= 0.6 is 0 Å². The predicted octanol–water partition coefficient (Wildman–Crippen LogP) is 3.10. The number of carbonyl (C=O) groups excluding carboxylic acids is 1. The molecule has 0 aromatic heterocycles. The van der Waals surface area contributed by atoms with Crippen molar-refractivity contribution in [1.29, 1.82) is 0 Å². The Bertz CT molecular complexity index is 673. The van der Waals surface area contributed by atoms with Crippen LogP contribution in [-0.2, 0) is 0 Å². The summed E-state index contributed by atoms with van der Waals surface area (Å²) in [6, 6.07) is 15.5. The lowest BCUT2D eigenvalue weighted by atomic mass is 10.1. The summed E-state index contributed by atoms with van der Waals surface area (Å²) in [4.78, 5) is 13.6. The third-order valence-corrected chi connectivity index (χ3v) is 2.96. The molecule has 0 bridgehead atoms. The Balaban J connectivity index is 2.35. The van der Waals surface area contributed by atoms with Crippen molar-refractivity contribution in [3.05, 3.63) is 70.8 Å². The van der Waals surface area contributed by atoms with Gasteiger partial charge in [0.15, 0.2) is 0 Å². The summed E-state index contributed by atoms with van der Waals surface area (Å²) in [7, 11) is 3.49. The van der Waals surface area contributed by atoms with Gasteiger partial charge in [-0.3, -0.25) is 4.79 Å². The zero-order valence-corrected chi connectivity index (χ0v) is 12.0. The summed E-state index contributed by atoms with van der Waals surface area (Å²) < 4.78 is 0. The SMILES string of the molecule is Cc1ccc(C#Cc2ccccc2C(=O)N(C)C)cc1. The summed E-state index contributed by atoms with van der Waals surface area (Å²) in [5.41, 5.74) is 3.55. The van der Waals surface area contributed by atoms with Gasteiger partial charge < -0.3 is 4.90 Å². The van der Waals surface area contributed by atoms with E-state index < -0.39 is 0 Å². The average Bonchev–Trinajstić information content (AvgIpc) is 2.46. The van der Waals surface area contributed by atoms with Crippen LogP contribution in [0.3, 0.4) is 0 Å². The normalized spacial score (nSPS) is 9.55. The molecule has 0 saturated carbocycles. The number of nitrogens with zero attached hydrogens (tertiary/aromatic N) is 1. The average molecular weight is 263 g/mol. The molecule has 2 nitrogen and oxygen atoms in total. The van der Waals surface area contributed by atoms with Crippen LogP contribution < -0.4 is 0 Å². The molecule has 0 fully saturated rings. The monoisotopic (exact) mass is 263 g/mol. The maximum absolute atomic E-state index is 12.1. The Labute approximate surface area is 120 Å². The molecule has 0 aliphatic carbocycles. The Hall–Kier alpha value is -2.53. The Morgan fingerprint density at radius 3 is 2.25 bits per heavy atom. The van der Waals surface area contributed by atoms with Crippen molar-refractivity contribution in [2.75, 3.05) is 14.1 Å². The molecular formula is C18H17NO. The highest BCUT2D eigenvalue weighted by Gasteiger charge is 2.10. The third kappa shape index (κ3) is 3.27. The quantitative estimate of drug-likeness (QED) is 0.724. The van der Waals surface area contributed by atoms with Gasteiger partial charge in [0, 0.05) is 25.2 Å². The molecule has 0 radical (unpaired) electrons. The lowest BCUT2D eigenvalue weighted by Gasteiger charge is -2.11. The van der Waals surface area contributed by atoms with Gasteiger partial charge in [0.1, 0.15) is 0 Å². The molecule has 2 rings (SSSR count). The van der Waals surface area contributed by atoms with Gasteiger partial charge >= 0.3 is 0 Å². The Morgan fingerprint density at radius 1 is 0.950 bits per heavy atom. The number of carbonyl (C=O) groups is 1. The van der Waals surface area contributed by atoms with Gasteiger partial charge in [-0.2, -0.15) is 0 Å². The number of benzene rings is 2. The van der Waals surface area contributed by atoms with Crippen molar-refractivity contribution in [2.45, 2.75) is 6.92 Å². The Kier molecular flexibility index (Phi) is 4.22. The number of amides is 1. The van der Waals surface area contributed by atoms with Gasteiger partial charge in [0.05, 0.1) is 5.56 Å². The van der Waals surface area contributed by atoms with Crippen LogP contribution in [0.5, 0.6) is 0 Å². The smallest absolute Gasteiger partial charge is 0.254 e. The first-order chi connectivity index (χ1) is 9.58. The summed E-state index contributed by atoms with van der Waals surface area (Å²) in [5, 5.41) is 0. The number of hydrogen-bond donors (Lipinski definition) is 0. The molecule has 2 aromatic rings. The molecule has 20 heavy (non-hydrogen) atoms. The van der Waals surface area contributed by atoms with E-state index in [1.807, 2.05) is 55.5 Å². The van der Waals surface area contributed by atoms with Gasteiger partial charge in [-0.15, -0.1) is 0 Å². The van der Waals surface area contributed by atoms with E-state index in [-0.39, 0.29) is 5.91 Å². The predicted molar refractivity (Wildman–Crippen MR) is 81.6 cm³/mol. The van der Waals surface area contributed by atoms with Gasteiger partial charge in [-0.1, -0.05) is 41.7 Å². The molecule has 2 aromatic carbocycles. The van der Waals surface area contributed by atoms with Crippen LogP contribution in [0.2, 0.25) is 0 Å². The minimum Gasteiger partial charge on any atom is -0.345 e. The van der Waals surface area contributed by atoms with E-state index in [9.17, 15) is 4.79 Å². The molecule has 0 atom stereocenters. The van der Waals surface area contributed by atoms with E-state index in [0.717, 1.165) is 11.1 Å². The van der Waals surface area contributed by atoms with Crippen molar-refractivity contribution in [2.24, 2.45) is 0 Å². The lowest BCUT2D eigenvalue weighted by molar-refractivity contribution is 0.0827. The highest BCUT2D eigenvalue weighted by Crippen LogP contribution is 2.10. The van der Waals surface area contributed by atoms with Gasteiger partial charge in [0.2, 0.25) is 0 Å². The van der Waals surface area contributed by atoms with Crippen molar-refractivity contribution in [3.63, 3.8) is 0 Å². The minimum atomic E-state index is -0.0289. The topological polar surface area (TPSA) is 20.3 Å². The molecule has 2 heteroatoms. The van der Waals surface area contributed by atoms with E-state index in [4.69, 9.17) is 0 Å². The number of hydrogen-bond acceptors (Lipinski definition) is 1. The van der Waals surface area contributed by atoms with Crippen molar-refractivity contribution in [1.82, 2.24) is 4.90 Å². The van der Waals surface area contributed by atoms with E-state index >= 15 is 0 Å². The van der Waals surface area contributed by atoms with Crippen LogP contribution in [0.4, 0.5) is 0 Å². The Morgan fingerprint density at radius 2 is 1.60 bits per heavy atom. The molecule has 0 aliphatic rings. The number of aryl methyl sites for hydroxylation is 1. The maximum atomic E-state index is 12.1. The second-order valence-electron chi connectivity index (χ2n) is 4.86. The van der Waals surface area contributed by atoms with Crippen LogP contribution in [0.1, 0.15) is 27.0 Å². The van der Waals surface area contributed by atoms with E-state index in [2.05, 4.69) is 11.8 Å². The van der Waals surface area contributed by atoms with Crippen LogP contribution in [-0.4, -0.2) is 24.9 Å². The fourth-order valence-corrected chi connectivity index (χ4v) is 1.80. The van der Waals surface area contributed by atoms with Crippen LogP contribution in [0.25, 0.3) is 0 Å². The van der Waals surface area contributed by atoms with E-state index in [1.165, 1.54) is 5.56 Å². The molecule has 0 heterocycles. The highest BCUT2D eigenvalue weighted by atomic mass is 16.2. The summed E-state index contributed by atoms with van der Waals surface area (Å²) in [5.74, 6) is 6.16. The maximum Gasteiger partial charge on any atom is 0.254 e. The zero-order valence-electron chi connectivity index (χ0n) is 12.0. The van der Waals surface area contributed by atoms with Crippen molar-refractivity contribution < 1.29 is 4.79 Å². The summed E-state index contributed by atoms with van der Waals surface area (Å²) in [6.45, 7) is 2.04. The molecule has 0 unspecified atom stereocenters. The molecule has 0 aliphatic heterocycles. The van der Waals surface area contributed by atoms with Crippen molar-refractivity contribution >= 4 is 5.91 Å². The molecule has 1 amide bonds. The van der Waals surface area contributed by atoms with Crippen LogP contribution in [0.15, 0.2) is 48.5 Å². The number of rotatable bonds is 1. The first kappa shape index (κ1) is 13.9. The first-order valence-electron chi connectivity index (χ1n) is 6.47.